The van der Waals surface area contributed by atoms with Crippen molar-refractivity contribution in [3.8, 4) is 0 Å². The molecule has 2 aromatic rings. The number of nitrogens with one attached hydrogen (secondary N) is 1. The molecule has 1 N–H and O–H groups in total. The molecular formula is C10H11N3O2. The van der Waals surface area contributed by atoms with Crippen LogP contribution in [0.2, 0.25) is 0 Å². The molecule has 5 heteroatoms. The Bertz CT molecular complexity index is 516. The van der Waals surface area contributed by atoms with Crippen molar-refractivity contribution in [3.63, 3.8) is 0 Å². The van der Waals surface area contributed by atoms with Crippen molar-refractivity contribution in [1.82, 2.24) is 10.2 Å². The van der Waals surface area contributed by atoms with E-state index in [4.69, 9.17) is 0 Å². The lowest BCUT2D eigenvalue weighted by atomic mass is 10.0. The second kappa shape index (κ2) is 3.34. The smallest absolute Gasteiger partial charge is 0.271 e. The van der Waals surface area contributed by atoms with Crippen LogP contribution in [0.15, 0.2) is 18.3 Å². The van der Waals surface area contributed by atoms with Crippen LogP contribution in [-0.4, -0.2) is 15.1 Å². The van der Waals surface area contributed by atoms with Crippen LogP contribution in [-0.2, 0) is 0 Å². The fourth-order valence-corrected chi connectivity index (χ4v) is 1.54. The molecule has 0 aliphatic rings. The Morgan fingerprint density at radius 3 is 2.80 bits per heavy atom. The number of benzene rings is 1. The summed E-state index contributed by atoms with van der Waals surface area (Å²) in [6.45, 7) is 4.01. The summed E-state index contributed by atoms with van der Waals surface area (Å²) in [5.41, 5.74) is 1.54. The van der Waals surface area contributed by atoms with Crippen molar-refractivity contribution in [2.75, 3.05) is 0 Å². The largest absolute Gasteiger partial charge is 0.295 e. The molecule has 0 spiro atoms. The van der Waals surface area contributed by atoms with Gasteiger partial charge in [0, 0.05) is 11.5 Å². The van der Waals surface area contributed by atoms with E-state index in [0.717, 1.165) is 10.9 Å². The van der Waals surface area contributed by atoms with E-state index in [0.29, 0.717) is 5.52 Å². The van der Waals surface area contributed by atoms with Crippen LogP contribution in [0.5, 0.6) is 0 Å². The van der Waals surface area contributed by atoms with Gasteiger partial charge in [-0.2, -0.15) is 5.10 Å². The molecule has 1 heterocycles. The van der Waals surface area contributed by atoms with Crippen LogP contribution in [0.25, 0.3) is 10.9 Å². The first-order valence-corrected chi connectivity index (χ1v) is 4.71. The molecule has 1 aromatic heterocycles. The normalized spacial score (nSPS) is 11.1. The highest BCUT2D eigenvalue weighted by molar-refractivity contribution is 5.87. The lowest BCUT2D eigenvalue weighted by Crippen LogP contribution is -1.93. The molecule has 0 radical (unpaired) electrons. The van der Waals surface area contributed by atoms with Gasteiger partial charge < -0.3 is 0 Å². The summed E-state index contributed by atoms with van der Waals surface area (Å²) in [6, 6.07) is 3.53. The molecule has 15 heavy (non-hydrogen) atoms. The maximum Gasteiger partial charge on any atom is 0.295 e. The van der Waals surface area contributed by atoms with Crippen LogP contribution in [0, 0.1) is 10.1 Å². The molecule has 5 nitrogen and oxygen atoms in total. The van der Waals surface area contributed by atoms with E-state index in [1.807, 2.05) is 19.9 Å². The lowest BCUT2D eigenvalue weighted by Gasteiger charge is -2.04. The molecule has 1 aromatic carbocycles. The Morgan fingerprint density at radius 1 is 1.47 bits per heavy atom. The highest BCUT2D eigenvalue weighted by Gasteiger charge is 2.16. The number of aromatic nitrogens is 2. The van der Waals surface area contributed by atoms with Gasteiger partial charge >= 0.3 is 0 Å². The van der Waals surface area contributed by atoms with Gasteiger partial charge in [0.05, 0.1) is 11.1 Å². The minimum atomic E-state index is -0.383. The monoisotopic (exact) mass is 205 g/mol. The van der Waals surface area contributed by atoms with Gasteiger partial charge in [0.1, 0.15) is 5.52 Å². The van der Waals surface area contributed by atoms with Gasteiger partial charge in [-0.1, -0.05) is 13.8 Å². The molecule has 78 valence electrons. The van der Waals surface area contributed by atoms with Gasteiger partial charge in [0.25, 0.3) is 5.69 Å². The van der Waals surface area contributed by atoms with Crippen molar-refractivity contribution >= 4 is 16.6 Å². The van der Waals surface area contributed by atoms with Gasteiger partial charge in [0.2, 0.25) is 0 Å². The van der Waals surface area contributed by atoms with Gasteiger partial charge in [-0.25, -0.2) is 0 Å². The molecule has 0 unspecified atom stereocenters. The number of aromatic amines is 1. The maximum absolute atomic E-state index is 10.8. The number of hydrogen-bond acceptors (Lipinski definition) is 3. The predicted octanol–water partition coefficient (Wildman–Crippen LogP) is 2.59. The zero-order valence-corrected chi connectivity index (χ0v) is 8.52. The summed E-state index contributed by atoms with van der Waals surface area (Å²) in [5.74, 6) is 0.267. The second-order valence-corrected chi connectivity index (χ2v) is 3.79. The first-order chi connectivity index (χ1) is 7.09. The average Bonchev–Trinajstić information content (AvgIpc) is 2.62. The first-order valence-electron chi connectivity index (χ1n) is 4.71. The third-order valence-corrected chi connectivity index (χ3v) is 2.41. The minimum absolute atomic E-state index is 0.0914. The lowest BCUT2D eigenvalue weighted by molar-refractivity contribution is -0.383. The van der Waals surface area contributed by atoms with E-state index in [9.17, 15) is 10.1 Å². The third kappa shape index (κ3) is 1.56. The Labute approximate surface area is 86.3 Å². The van der Waals surface area contributed by atoms with Crippen molar-refractivity contribution in [3.05, 3.63) is 34.0 Å². The molecule has 0 aliphatic heterocycles. The number of nitrogens with zero attached hydrogens (tertiary/aromatic N) is 2. The van der Waals surface area contributed by atoms with Crippen LogP contribution in [0.4, 0.5) is 5.69 Å². The van der Waals surface area contributed by atoms with Crippen LogP contribution in [0.1, 0.15) is 25.3 Å². The quantitative estimate of drug-likeness (QED) is 0.605. The summed E-state index contributed by atoms with van der Waals surface area (Å²) in [5, 5.41) is 18.1. The number of non-ortho nitro benzene ring substituents is 1. The number of rotatable bonds is 2. The van der Waals surface area contributed by atoms with E-state index < -0.39 is 0 Å². The number of nitro groups is 1. The van der Waals surface area contributed by atoms with E-state index in [2.05, 4.69) is 10.2 Å². The number of fused-ring (bicyclic) bond motifs is 1. The first kappa shape index (κ1) is 9.64. The maximum atomic E-state index is 10.8. The second-order valence-electron chi connectivity index (χ2n) is 3.79. The molecular weight excluding hydrogens is 194 g/mol. The van der Waals surface area contributed by atoms with Crippen molar-refractivity contribution < 1.29 is 4.92 Å². The fraction of sp³-hybridized carbons (Fsp3) is 0.300. The number of H-pyrrole nitrogens is 1. The highest BCUT2D eigenvalue weighted by atomic mass is 16.6. The van der Waals surface area contributed by atoms with Crippen molar-refractivity contribution in [1.29, 1.82) is 0 Å². The molecule has 0 saturated heterocycles. The molecule has 2 rings (SSSR count). The summed E-state index contributed by atoms with van der Waals surface area (Å²) < 4.78 is 0. The van der Waals surface area contributed by atoms with E-state index in [1.165, 1.54) is 0 Å². The Morgan fingerprint density at radius 2 is 2.20 bits per heavy atom. The zero-order valence-electron chi connectivity index (χ0n) is 8.52. The average molecular weight is 205 g/mol. The zero-order chi connectivity index (χ0) is 11.0. The molecule has 0 bridgehead atoms. The van der Waals surface area contributed by atoms with Crippen molar-refractivity contribution in [2.24, 2.45) is 0 Å². The van der Waals surface area contributed by atoms with Gasteiger partial charge in [0.15, 0.2) is 0 Å². The standard InChI is InChI=1S/C10H11N3O2/c1-6(2)7-3-8-5-11-12-10(8)9(4-7)13(14)15/h3-6H,1-2H3,(H,11,12). The van der Waals surface area contributed by atoms with E-state index >= 15 is 0 Å². The molecule has 0 aliphatic carbocycles. The molecule has 0 saturated carbocycles. The Balaban J connectivity index is 2.74. The molecule has 0 atom stereocenters. The van der Waals surface area contributed by atoms with Crippen LogP contribution in [0.3, 0.4) is 0 Å². The Hall–Kier alpha value is -1.91. The molecule has 0 fully saturated rings. The van der Waals surface area contributed by atoms with Gasteiger partial charge in [-0.05, 0) is 17.5 Å². The highest BCUT2D eigenvalue weighted by Crippen LogP contribution is 2.28. The topological polar surface area (TPSA) is 71.8 Å². The minimum Gasteiger partial charge on any atom is -0.271 e. The summed E-state index contributed by atoms with van der Waals surface area (Å²) in [6.07, 6.45) is 1.61. The van der Waals surface area contributed by atoms with Crippen LogP contribution < -0.4 is 0 Å². The number of nitro benzene ring substituents is 1. The van der Waals surface area contributed by atoms with Crippen LogP contribution >= 0.6 is 0 Å². The molecule has 0 amide bonds. The van der Waals surface area contributed by atoms with E-state index in [1.54, 1.807) is 12.3 Å². The third-order valence-electron chi connectivity index (χ3n) is 2.41. The Kier molecular flexibility index (Phi) is 2.15. The van der Waals surface area contributed by atoms with Gasteiger partial charge in [-0.3, -0.25) is 15.2 Å². The van der Waals surface area contributed by atoms with E-state index in [-0.39, 0.29) is 16.5 Å². The SMILES string of the molecule is CC(C)c1cc([N+](=O)[O-])c2[nH]ncc2c1. The van der Waals surface area contributed by atoms with Crippen molar-refractivity contribution in [2.45, 2.75) is 19.8 Å². The predicted molar refractivity (Wildman–Crippen MR) is 56.8 cm³/mol. The van der Waals surface area contributed by atoms with Gasteiger partial charge in [-0.15, -0.1) is 0 Å². The summed E-state index contributed by atoms with van der Waals surface area (Å²) in [7, 11) is 0. The number of hydrogen-bond donors (Lipinski definition) is 1. The summed E-state index contributed by atoms with van der Waals surface area (Å²) in [4.78, 5) is 10.5. The fourth-order valence-electron chi connectivity index (χ4n) is 1.54. The summed E-state index contributed by atoms with van der Waals surface area (Å²) >= 11 is 0.